The largest absolute Gasteiger partial charge is 0.269 e. The second kappa shape index (κ2) is 5.51. The summed E-state index contributed by atoms with van der Waals surface area (Å²) < 4.78 is 2.15. The average Bonchev–Trinajstić information content (AvgIpc) is 2.58. The van der Waals surface area contributed by atoms with Gasteiger partial charge >= 0.3 is 0 Å². The van der Waals surface area contributed by atoms with Gasteiger partial charge in [-0.3, -0.25) is 4.68 Å². The molecule has 2 nitrogen and oxygen atoms in total. The summed E-state index contributed by atoms with van der Waals surface area (Å²) in [6.07, 6.45) is 2.31. The number of nitrogens with zero attached hydrogens (tertiary/aromatic N) is 2. The highest BCUT2D eigenvalue weighted by Gasteiger charge is 2.13. The van der Waals surface area contributed by atoms with E-state index in [0.29, 0.717) is 17.8 Å². The normalized spacial score (nSPS) is 12.1. The van der Waals surface area contributed by atoms with Crippen molar-refractivity contribution in [1.29, 1.82) is 0 Å². The van der Waals surface area contributed by atoms with Gasteiger partial charge in [-0.05, 0) is 30.2 Å². The Morgan fingerprint density at radius 2 is 1.75 bits per heavy atom. The maximum atomic E-state index is 4.69. The van der Waals surface area contributed by atoms with Gasteiger partial charge in [0.2, 0.25) is 0 Å². The van der Waals surface area contributed by atoms with Crippen molar-refractivity contribution in [3.8, 4) is 0 Å². The Hall–Kier alpha value is -0.790. The van der Waals surface area contributed by atoms with Crippen LogP contribution in [-0.4, -0.2) is 9.78 Å². The molecule has 16 heavy (non-hydrogen) atoms. The highest BCUT2D eigenvalue weighted by atomic mass is 15.3. The molecule has 0 spiro atoms. The van der Waals surface area contributed by atoms with Crippen molar-refractivity contribution in [3.63, 3.8) is 0 Å². The number of aromatic nitrogens is 2. The molecule has 0 fully saturated rings. The van der Waals surface area contributed by atoms with Gasteiger partial charge in [-0.1, -0.05) is 41.5 Å². The second-order valence-corrected chi connectivity index (χ2v) is 5.47. The van der Waals surface area contributed by atoms with E-state index in [1.54, 1.807) is 0 Å². The van der Waals surface area contributed by atoms with Crippen molar-refractivity contribution >= 4 is 0 Å². The fraction of sp³-hybridized carbons (Fsp3) is 0.714. The molecule has 0 bridgehead atoms. The summed E-state index contributed by atoms with van der Waals surface area (Å²) in [5.74, 6) is 1.67. The molecule has 1 aromatic heterocycles. The number of hydrogen-bond donors (Lipinski definition) is 0. The fourth-order valence-corrected chi connectivity index (χ4v) is 1.66. The van der Waals surface area contributed by atoms with Gasteiger partial charge in [0.15, 0.2) is 0 Å². The van der Waals surface area contributed by atoms with Crippen LogP contribution in [0.1, 0.15) is 64.8 Å². The van der Waals surface area contributed by atoms with Gasteiger partial charge in [-0.25, -0.2) is 0 Å². The lowest BCUT2D eigenvalue weighted by Gasteiger charge is -2.10. The van der Waals surface area contributed by atoms with E-state index in [0.717, 1.165) is 6.54 Å². The Bertz CT molecular complexity index is 321. The standard InChI is InChI=1S/C14H25N2/c1-10(2)7-8-16-14(12(5)6)9-13(15-16)11(3)4/h7,9-12H,8H2,1-6H3. The van der Waals surface area contributed by atoms with E-state index >= 15 is 0 Å². The lowest BCUT2D eigenvalue weighted by molar-refractivity contribution is 0.556. The van der Waals surface area contributed by atoms with Crippen LogP contribution in [0.2, 0.25) is 0 Å². The van der Waals surface area contributed by atoms with Gasteiger partial charge in [0.05, 0.1) is 5.69 Å². The quantitative estimate of drug-likeness (QED) is 0.735. The van der Waals surface area contributed by atoms with Crippen LogP contribution in [-0.2, 0) is 6.54 Å². The third-order valence-corrected chi connectivity index (χ3v) is 2.76. The van der Waals surface area contributed by atoms with Crippen LogP contribution in [0.4, 0.5) is 0 Å². The third-order valence-electron chi connectivity index (χ3n) is 2.76. The minimum Gasteiger partial charge on any atom is -0.269 e. The SMILES string of the molecule is CC(C)[CH]Cn1nc(C(C)C)cc1C(C)C. The minimum atomic E-state index is 0.512. The summed E-state index contributed by atoms with van der Waals surface area (Å²) in [6, 6.07) is 2.25. The van der Waals surface area contributed by atoms with E-state index in [1.165, 1.54) is 11.4 Å². The van der Waals surface area contributed by atoms with E-state index in [1.807, 2.05) is 0 Å². The predicted octanol–water partition coefficient (Wildman–Crippen LogP) is 3.99. The monoisotopic (exact) mass is 221 g/mol. The van der Waals surface area contributed by atoms with E-state index in [9.17, 15) is 0 Å². The molecule has 0 N–H and O–H groups in total. The Balaban J connectivity index is 2.87. The molecule has 1 radical (unpaired) electrons. The Kier molecular flexibility index (Phi) is 4.57. The van der Waals surface area contributed by atoms with Crippen molar-refractivity contribution in [2.45, 2.75) is 59.9 Å². The molecule has 0 saturated heterocycles. The Morgan fingerprint density at radius 1 is 1.12 bits per heavy atom. The summed E-state index contributed by atoms with van der Waals surface area (Å²) in [6.45, 7) is 14.2. The van der Waals surface area contributed by atoms with Crippen LogP contribution < -0.4 is 0 Å². The first kappa shape index (κ1) is 13.3. The van der Waals surface area contributed by atoms with Crippen LogP contribution in [0.15, 0.2) is 6.07 Å². The first-order valence-corrected chi connectivity index (χ1v) is 6.32. The van der Waals surface area contributed by atoms with Gasteiger partial charge < -0.3 is 0 Å². The first-order chi connectivity index (χ1) is 7.41. The lowest BCUT2D eigenvalue weighted by Crippen LogP contribution is -2.09. The molecular formula is C14H25N2. The van der Waals surface area contributed by atoms with Gasteiger partial charge in [-0.15, -0.1) is 0 Å². The molecule has 0 amide bonds. The zero-order valence-electron chi connectivity index (χ0n) is 11.5. The van der Waals surface area contributed by atoms with Gasteiger partial charge in [0.25, 0.3) is 0 Å². The van der Waals surface area contributed by atoms with Crippen molar-refractivity contribution < 1.29 is 0 Å². The Morgan fingerprint density at radius 3 is 2.19 bits per heavy atom. The molecule has 0 aliphatic heterocycles. The molecule has 91 valence electrons. The molecule has 1 aromatic rings. The van der Waals surface area contributed by atoms with E-state index in [-0.39, 0.29) is 0 Å². The predicted molar refractivity (Wildman–Crippen MR) is 69.5 cm³/mol. The number of hydrogen-bond acceptors (Lipinski definition) is 1. The summed E-state index contributed by atoms with van der Waals surface area (Å²) in [5.41, 5.74) is 2.56. The van der Waals surface area contributed by atoms with Crippen LogP contribution in [0, 0.1) is 12.3 Å². The second-order valence-electron chi connectivity index (χ2n) is 5.47. The van der Waals surface area contributed by atoms with Gasteiger partial charge in [0, 0.05) is 12.2 Å². The van der Waals surface area contributed by atoms with Crippen molar-refractivity contribution in [1.82, 2.24) is 9.78 Å². The molecule has 2 heteroatoms. The van der Waals surface area contributed by atoms with Crippen molar-refractivity contribution in [2.24, 2.45) is 5.92 Å². The zero-order chi connectivity index (χ0) is 12.3. The zero-order valence-corrected chi connectivity index (χ0v) is 11.5. The third kappa shape index (κ3) is 3.36. The van der Waals surface area contributed by atoms with E-state index in [2.05, 4.69) is 63.8 Å². The maximum Gasteiger partial charge on any atom is 0.0652 e. The van der Waals surface area contributed by atoms with E-state index < -0.39 is 0 Å². The van der Waals surface area contributed by atoms with E-state index in [4.69, 9.17) is 0 Å². The smallest absolute Gasteiger partial charge is 0.0652 e. The topological polar surface area (TPSA) is 17.8 Å². The van der Waals surface area contributed by atoms with Crippen LogP contribution in [0.5, 0.6) is 0 Å². The van der Waals surface area contributed by atoms with Crippen LogP contribution >= 0.6 is 0 Å². The maximum absolute atomic E-state index is 4.69. The molecule has 0 unspecified atom stereocenters. The van der Waals surface area contributed by atoms with Gasteiger partial charge in [-0.2, -0.15) is 5.10 Å². The van der Waals surface area contributed by atoms with Gasteiger partial charge in [0.1, 0.15) is 0 Å². The average molecular weight is 221 g/mol. The molecule has 0 aliphatic carbocycles. The molecule has 0 aromatic carbocycles. The first-order valence-electron chi connectivity index (χ1n) is 6.32. The molecule has 0 aliphatic rings. The highest BCUT2D eigenvalue weighted by Crippen LogP contribution is 2.21. The van der Waals surface area contributed by atoms with Crippen LogP contribution in [0.25, 0.3) is 0 Å². The molecular weight excluding hydrogens is 196 g/mol. The number of rotatable bonds is 5. The summed E-state index contributed by atoms with van der Waals surface area (Å²) in [7, 11) is 0. The molecule has 0 atom stereocenters. The van der Waals surface area contributed by atoms with Crippen LogP contribution in [0.3, 0.4) is 0 Å². The fourth-order valence-electron chi connectivity index (χ4n) is 1.66. The summed E-state index contributed by atoms with van der Waals surface area (Å²) in [4.78, 5) is 0. The molecule has 0 saturated carbocycles. The van der Waals surface area contributed by atoms with Crippen molar-refractivity contribution in [3.05, 3.63) is 23.9 Å². The Labute approximate surface area is 100 Å². The molecule has 1 rings (SSSR count). The summed E-state index contributed by atoms with van der Waals surface area (Å²) >= 11 is 0. The highest BCUT2D eigenvalue weighted by molar-refractivity contribution is 5.16. The lowest BCUT2D eigenvalue weighted by atomic mass is 10.1. The van der Waals surface area contributed by atoms with Crippen molar-refractivity contribution in [2.75, 3.05) is 0 Å². The molecule has 1 heterocycles. The summed E-state index contributed by atoms with van der Waals surface area (Å²) in [5, 5.41) is 4.69. The minimum absolute atomic E-state index is 0.512.